The fourth-order valence-corrected chi connectivity index (χ4v) is 2.92. The largest absolute Gasteiger partial charge is 0.482 e. The molecule has 1 N–H and O–H groups in total. The summed E-state index contributed by atoms with van der Waals surface area (Å²) in [5.74, 6) is 0.481. The molecule has 0 saturated heterocycles. The zero-order valence-electron chi connectivity index (χ0n) is 14.2. The Kier molecular flexibility index (Phi) is 8.86. The predicted molar refractivity (Wildman–Crippen MR) is 103 cm³/mol. The van der Waals surface area contributed by atoms with Crippen LogP contribution >= 0.6 is 23.4 Å². The van der Waals surface area contributed by atoms with Gasteiger partial charge in [0.05, 0.1) is 0 Å². The van der Waals surface area contributed by atoms with Crippen LogP contribution in [0.5, 0.6) is 5.75 Å². The highest BCUT2D eigenvalue weighted by Gasteiger charge is 2.08. The second-order valence-electron chi connectivity index (χ2n) is 5.27. The molecule has 0 bridgehead atoms. The van der Waals surface area contributed by atoms with Crippen LogP contribution in [0.4, 0.5) is 0 Å². The van der Waals surface area contributed by atoms with Gasteiger partial charge in [-0.15, -0.1) is 11.8 Å². The van der Waals surface area contributed by atoms with Crippen molar-refractivity contribution in [1.82, 2.24) is 5.32 Å². The number of hydrogen-bond donors (Lipinski definition) is 1. The summed E-state index contributed by atoms with van der Waals surface area (Å²) in [6.07, 6.45) is 0.832. The molecule has 0 heterocycles. The number of carbonyl (C=O) groups excluding carboxylic acids is 2. The highest BCUT2D eigenvalue weighted by molar-refractivity contribution is 7.99. The molecule has 2 aromatic rings. The normalized spacial score (nSPS) is 10.2. The van der Waals surface area contributed by atoms with E-state index in [1.807, 2.05) is 18.2 Å². The van der Waals surface area contributed by atoms with Gasteiger partial charge in [0.1, 0.15) is 5.75 Å². The third-order valence-electron chi connectivity index (χ3n) is 3.19. The van der Waals surface area contributed by atoms with Gasteiger partial charge in [-0.05, 0) is 48.6 Å². The third kappa shape index (κ3) is 8.27. The Morgan fingerprint density at radius 3 is 2.46 bits per heavy atom. The van der Waals surface area contributed by atoms with E-state index in [2.05, 4.69) is 17.4 Å². The monoisotopic (exact) mass is 393 g/mol. The van der Waals surface area contributed by atoms with E-state index in [0.717, 1.165) is 12.2 Å². The van der Waals surface area contributed by atoms with Crippen LogP contribution in [-0.4, -0.2) is 37.4 Å². The average Bonchev–Trinajstić information content (AvgIpc) is 2.66. The molecular formula is C19H20ClNO4S. The standard InChI is InChI=1S/C19H20ClNO4S/c20-15-7-9-16(10-8-15)24-14-19(23)25-13-18(22)21-11-4-12-26-17-5-2-1-3-6-17/h1-3,5-10H,4,11-14H2,(H,21,22). The van der Waals surface area contributed by atoms with E-state index < -0.39 is 5.97 Å². The number of amides is 1. The number of rotatable bonds is 10. The van der Waals surface area contributed by atoms with E-state index >= 15 is 0 Å². The Labute approximate surface area is 162 Å². The van der Waals surface area contributed by atoms with Crippen LogP contribution in [0.2, 0.25) is 5.02 Å². The maximum absolute atomic E-state index is 11.6. The summed E-state index contributed by atoms with van der Waals surface area (Å²) in [5.41, 5.74) is 0. The number of halogens is 1. The molecule has 2 rings (SSSR count). The zero-order chi connectivity index (χ0) is 18.6. The second kappa shape index (κ2) is 11.4. The van der Waals surface area contributed by atoms with E-state index in [1.54, 1.807) is 36.0 Å². The van der Waals surface area contributed by atoms with Crippen LogP contribution < -0.4 is 10.1 Å². The lowest BCUT2D eigenvalue weighted by molar-refractivity contribution is -0.150. The molecule has 26 heavy (non-hydrogen) atoms. The molecule has 0 spiro atoms. The lowest BCUT2D eigenvalue weighted by Crippen LogP contribution is -2.30. The first kappa shape index (κ1) is 20.1. The molecule has 1 amide bonds. The Morgan fingerprint density at radius 2 is 1.73 bits per heavy atom. The van der Waals surface area contributed by atoms with E-state index in [0.29, 0.717) is 17.3 Å². The van der Waals surface area contributed by atoms with Crippen LogP contribution in [-0.2, 0) is 14.3 Å². The van der Waals surface area contributed by atoms with Gasteiger partial charge in [0, 0.05) is 16.5 Å². The van der Waals surface area contributed by atoms with Crippen molar-refractivity contribution in [2.75, 3.05) is 25.5 Å². The van der Waals surface area contributed by atoms with Crippen molar-refractivity contribution in [2.24, 2.45) is 0 Å². The minimum Gasteiger partial charge on any atom is -0.482 e. The lowest BCUT2D eigenvalue weighted by atomic mass is 10.3. The topological polar surface area (TPSA) is 64.6 Å². The van der Waals surface area contributed by atoms with E-state index in [1.165, 1.54) is 4.90 Å². The predicted octanol–water partition coefficient (Wildman–Crippen LogP) is 3.56. The fourth-order valence-electron chi connectivity index (χ4n) is 1.92. The molecule has 0 atom stereocenters. The summed E-state index contributed by atoms with van der Waals surface area (Å²) in [5, 5.41) is 3.30. The van der Waals surface area contributed by atoms with Gasteiger partial charge >= 0.3 is 5.97 Å². The van der Waals surface area contributed by atoms with Gasteiger partial charge in [-0.25, -0.2) is 4.79 Å². The van der Waals surface area contributed by atoms with E-state index in [4.69, 9.17) is 21.1 Å². The molecule has 2 aromatic carbocycles. The summed E-state index contributed by atoms with van der Waals surface area (Å²) < 4.78 is 10.1. The summed E-state index contributed by atoms with van der Waals surface area (Å²) >= 11 is 7.49. The maximum Gasteiger partial charge on any atom is 0.344 e. The highest BCUT2D eigenvalue weighted by atomic mass is 35.5. The molecule has 0 saturated carbocycles. The molecule has 0 radical (unpaired) electrons. The number of ether oxygens (including phenoxy) is 2. The minimum atomic E-state index is -0.602. The molecule has 0 aliphatic rings. The molecule has 5 nitrogen and oxygen atoms in total. The number of benzene rings is 2. The van der Waals surface area contributed by atoms with Crippen molar-refractivity contribution < 1.29 is 19.1 Å². The quantitative estimate of drug-likeness (QED) is 0.380. The molecular weight excluding hydrogens is 374 g/mol. The first-order valence-corrected chi connectivity index (χ1v) is 9.48. The van der Waals surface area contributed by atoms with Gasteiger partial charge in [0.15, 0.2) is 13.2 Å². The minimum absolute atomic E-state index is 0.261. The highest BCUT2D eigenvalue weighted by Crippen LogP contribution is 2.17. The van der Waals surface area contributed by atoms with Crippen molar-refractivity contribution in [1.29, 1.82) is 0 Å². The first-order chi connectivity index (χ1) is 12.6. The van der Waals surface area contributed by atoms with Gasteiger partial charge in [0.25, 0.3) is 5.91 Å². The van der Waals surface area contributed by atoms with Crippen molar-refractivity contribution in [3.05, 3.63) is 59.6 Å². The summed E-state index contributed by atoms with van der Waals surface area (Å²) in [6.45, 7) is -0.0330. The maximum atomic E-state index is 11.6. The number of nitrogens with one attached hydrogen (secondary N) is 1. The zero-order valence-corrected chi connectivity index (χ0v) is 15.7. The summed E-state index contributed by atoms with van der Waals surface area (Å²) in [6, 6.07) is 16.7. The van der Waals surface area contributed by atoms with Crippen LogP contribution in [0.25, 0.3) is 0 Å². The number of hydrogen-bond acceptors (Lipinski definition) is 5. The van der Waals surface area contributed by atoms with E-state index in [-0.39, 0.29) is 19.1 Å². The third-order valence-corrected chi connectivity index (χ3v) is 4.54. The number of esters is 1. The smallest absolute Gasteiger partial charge is 0.344 e. The molecule has 0 aliphatic heterocycles. The van der Waals surface area contributed by atoms with Crippen LogP contribution in [0.3, 0.4) is 0 Å². The van der Waals surface area contributed by atoms with Crippen LogP contribution in [0.15, 0.2) is 59.5 Å². The van der Waals surface area contributed by atoms with Gasteiger partial charge in [0.2, 0.25) is 0 Å². The summed E-state index contributed by atoms with van der Waals surface area (Å²) in [7, 11) is 0. The van der Waals surface area contributed by atoms with Gasteiger partial charge < -0.3 is 14.8 Å². The molecule has 0 aliphatic carbocycles. The Balaban J connectivity index is 1.51. The van der Waals surface area contributed by atoms with Gasteiger partial charge in [-0.2, -0.15) is 0 Å². The van der Waals surface area contributed by atoms with Crippen LogP contribution in [0, 0.1) is 0 Å². The SMILES string of the molecule is O=C(COC(=O)COc1ccc(Cl)cc1)NCCCSc1ccccc1. The molecule has 7 heteroatoms. The Morgan fingerprint density at radius 1 is 1.00 bits per heavy atom. The van der Waals surface area contributed by atoms with Crippen molar-refractivity contribution in [3.8, 4) is 5.75 Å². The fraction of sp³-hybridized carbons (Fsp3) is 0.263. The second-order valence-corrected chi connectivity index (χ2v) is 6.87. The Hall–Kier alpha value is -2.18. The summed E-state index contributed by atoms with van der Waals surface area (Å²) in [4.78, 5) is 24.4. The molecule has 0 unspecified atom stereocenters. The average molecular weight is 394 g/mol. The molecule has 0 aromatic heterocycles. The first-order valence-electron chi connectivity index (χ1n) is 8.12. The van der Waals surface area contributed by atoms with Crippen molar-refractivity contribution in [3.63, 3.8) is 0 Å². The van der Waals surface area contributed by atoms with Gasteiger partial charge in [-0.3, -0.25) is 4.79 Å². The van der Waals surface area contributed by atoms with Gasteiger partial charge in [-0.1, -0.05) is 29.8 Å². The Bertz CT molecular complexity index is 694. The number of carbonyl (C=O) groups is 2. The van der Waals surface area contributed by atoms with Crippen molar-refractivity contribution >= 4 is 35.2 Å². The van der Waals surface area contributed by atoms with Crippen LogP contribution in [0.1, 0.15) is 6.42 Å². The molecule has 0 fully saturated rings. The van der Waals surface area contributed by atoms with E-state index in [9.17, 15) is 9.59 Å². The van der Waals surface area contributed by atoms with Crippen molar-refractivity contribution in [2.45, 2.75) is 11.3 Å². The number of thioether (sulfide) groups is 1. The lowest BCUT2D eigenvalue weighted by Gasteiger charge is -2.08. The molecule has 138 valence electrons.